The Morgan fingerprint density at radius 1 is 1.24 bits per heavy atom. The van der Waals surface area contributed by atoms with Gasteiger partial charge in [-0.1, -0.05) is 0 Å². The Labute approximate surface area is 148 Å². The zero-order valence-corrected chi connectivity index (χ0v) is 15.6. The van der Waals surface area contributed by atoms with Gasteiger partial charge in [-0.15, -0.1) is 0 Å². The van der Waals surface area contributed by atoms with Gasteiger partial charge in [0.2, 0.25) is 15.9 Å². The number of benzene rings is 1. The standard InChI is InChI=1S/C17H24N2O5S/c1-13-12-15(4-5-16(13)23-3)25(21,22)19-10-11-24-17(19)6-8-18(9-7-17)14(2)20/h4-5,12H,6-11H2,1-3H3. The van der Waals surface area contributed by atoms with Crippen molar-refractivity contribution in [2.45, 2.75) is 37.3 Å². The zero-order valence-electron chi connectivity index (χ0n) is 14.8. The summed E-state index contributed by atoms with van der Waals surface area (Å²) in [5.41, 5.74) is -0.0809. The summed E-state index contributed by atoms with van der Waals surface area (Å²) in [5.74, 6) is 0.661. The Morgan fingerprint density at radius 2 is 1.92 bits per heavy atom. The van der Waals surface area contributed by atoms with Crippen molar-refractivity contribution in [3.8, 4) is 5.75 Å². The van der Waals surface area contributed by atoms with Gasteiger partial charge >= 0.3 is 0 Å². The lowest BCUT2D eigenvalue weighted by Gasteiger charge is -2.42. The van der Waals surface area contributed by atoms with E-state index in [-0.39, 0.29) is 10.8 Å². The van der Waals surface area contributed by atoms with E-state index in [2.05, 4.69) is 0 Å². The molecule has 1 aromatic carbocycles. The van der Waals surface area contributed by atoms with E-state index in [1.165, 1.54) is 11.2 Å². The molecule has 0 atom stereocenters. The molecule has 0 radical (unpaired) electrons. The number of likely N-dealkylation sites (tertiary alicyclic amines) is 1. The number of methoxy groups -OCH3 is 1. The van der Waals surface area contributed by atoms with Crippen molar-refractivity contribution in [1.82, 2.24) is 9.21 Å². The number of carbonyl (C=O) groups is 1. The summed E-state index contributed by atoms with van der Waals surface area (Å²) in [5, 5.41) is 0. The van der Waals surface area contributed by atoms with E-state index in [1.54, 1.807) is 30.2 Å². The van der Waals surface area contributed by atoms with E-state index in [4.69, 9.17) is 9.47 Å². The van der Waals surface area contributed by atoms with Gasteiger partial charge in [0.15, 0.2) is 0 Å². The second-order valence-corrected chi connectivity index (χ2v) is 8.37. The summed E-state index contributed by atoms with van der Waals surface area (Å²) in [6.45, 7) is 5.05. The number of aryl methyl sites for hydroxylation is 1. The Kier molecular flexibility index (Phi) is 4.78. The molecular formula is C17H24N2O5S. The largest absolute Gasteiger partial charge is 0.496 e. The fourth-order valence-electron chi connectivity index (χ4n) is 3.64. The Bertz CT molecular complexity index is 769. The van der Waals surface area contributed by atoms with Gasteiger partial charge in [0.1, 0.15) is 11.5 Å². The van der Waals surface area contributed by atoms with Crippen LogP contribution in [0.25, 0.3) is 0 Å². The number of carbonyl (C=O) groups excluding carboxylic acids is 1. The molecule has 2 aliphatic rings. The van der Waals surface area contributed by atoms with E-state index >= 15 is 0 Å². The smallest absolute Gasteiger partial charge is 0.245 e. The van der Waals surface area contributed by atoms with Crippen LogP contribution >= 0.6 is 0 Å². The molecule has 0 unspecified atom stereocenters. The van der Waals surface area contributed by atoms with Crippen LogP contribution in [0.15, 0.2) is 23.1 Å². The minimum absolute atomic E-state index is 0.00744. The normalized spacial score (nSPS) is 20.8. The molecule has 7 nitrogen and oxygen atoms in total. The fourth-order valence-corrected chi connectivity index (χ4v) is 5.45. The number of amides is 1. The number of piperidine rings is 1. The quantitative estimate of drug-likeness (QED) is 0.805. The number of rotatable bonds is 3. The monoisotopic (exact) mass is 368 g/mol. The first-order valence-electron chi connectivity index (χ1n) is 8.37. The molecule has 0 N–H and O–H groups in total. The maximum atomic E-state index is 13.2. The van der Waals surface area contributed by atoms with Gasteiger partial charge in [0, 0.05) is 39.4 Å². The lowest BCUT2D eigenvalue weighted by molar-refractivity contribution is -0.137. The van der Waals surface area contributed by atoms with Gasteiger partial charge in [-0.2, -0.15) is 4.31 Å². The molecule has 1 aromatic rings. The maximum absolute atomic E-state index is 13.2. The van der Waals surface area contributed by atoms with Crippen molar-refractivity contribution in [2.24, 2.45) is 0 Å². The fraction of sp³-hybridized carbons (Fsp3) is 0.588. The summed E-state index contributed by atoms with van der Waals surface area (Å²) in [4.78, 5) is 13.5. The highest BCUT2D eigenvalue weighted by molar-refractivity contribution is 7.89. The number of hydrogen-bond donors (Lipinski definition) is 0. The van der Waals surface area contributed by atoms with Crippen LogP contribution in [-0.4, -0.2) is 62.6 Å². The van der Waals surface area contributed by atoms with Crippen molar-refractivity contribution < 1.29 is 22.7 Å². The third-order valence-corrected chi connectivity index (χ3v) is 7.01. The molecule has 2 heterocycles. The van der Waals surface area contributed by atoms with E-state index in [9.17, 15) is 13.2 Å². The summed E-state index contributed by atoms with van der Waals surface area (Å²) in [7, 11) is -2.12. The van der Waals surface area contributed by atoms with E-state index in [0.29, 0.717) is 44.8 Å². The molecule has 138 valence electrons. The predicted octanol–water partition coefficient (Wildman–Crippen LogP) is 1.36. The Hall–Kier alpha value is -1.64. The topological polar surface area (TPSA) is 76.2 Å². The molecule has 8 heteroatoms. The number of nitrogens with zero attached hydrogens (tertiary/aromatic N) is 2. The first-order valence-corrected chi connectivity index (χ1v) is 9.81. The van der Waals surface area contributed by atoms with Crippen LogP contribution in [-0.2, 0) is 19.6 Å². The molecule has 2 fully saturated rings. The SMILES string of the molecule is COc1ccc(S(=O)(=O)N2CCOC23CCN(C(C)=O)CC3)cc1C. The van der Waals surface area contributed by atoms with Gasteiger partial charge in [-0.25, -0.2) is 8.42 Å². The third-order valence-electron chi connectivity index (χ3n) is 5.06. The third kappa shape index (κ3) is 3.14. The second-order valence-electron chi connectivity index (χ2n) is 6.51. The van der Waals surface area contributed by atoms with Crippen molar-refractivity contribution in [2.75, 3.05) is 33.4 Å². The minimum Gasteiger partial charge on any atom is -0.496 e. The molecular weight excluding hydrogens is 344 g/mol. The molecule has 2 saturated heterocycles. The lowest BCUT2D eigenvalue weighted by Crippen LogP contribution is -2.55. The van der Waals surface area contributed by atoms with Crippen molar-refractivity contribution in [3.63, 3.8) is 0 Å². The Balaban J connectivity index is 1.89. The van der Waals surface area contributed by atoms with Gasteiger partial charge in [0.25, 0.3) is 0 Å². The average molecular weight is 368 g/mol. The average Bonchev–Trinajstić information content (AvgIpc) is 2.99. The number of ether oxygens (including phenoxy) is 2. The molecule has 0 saturated carbocycles. The highest BCUT2D eigenvalue weighted by atomic mass is 32.2. The highest BCUT2D eigenvalue weighted by Crippen LogP contribution is 2.38. The van der Waals surface area contributed by atoms with Crippen molar-refractivity contribution in [3.05, 3.63) is 23.8 Å². The van der Waals surface area contributed by atoms with Crippen LogP contribution in [0.2, 0.25) is 0 Å². The maximum Gasteiger partial charge on any atom is 0.245 e. The summed E-state index contributed by atoms with van der Waals surface area (Å²) in [6.07, 6.45) is 0.974. The first-order chi connectivity index (χ1) is 11.8. The van der Waals surface area contributed by atoms with E-state index < -0.39 is 15.7 Å². The van der Waals surface area contributed by atoms with Crippen molar-refractivity contribution >= 4 is 15.9 Å². The summed E-state index contributed by atoms with van der Waals surface area (Å²) < 4.78 is 39.0. The van der Waals surface area contributed by atoms with Crippen LogP contribution in [0.4, 0.5) is 0 Å². The lowest BCUT2D eigenvalue weighted by atomic mass is 10.0. The zero-order chi connectivity index (χ0) is 18.2. The van der Waals surface area contributed by atoms with Crippen LogP contribution < -0.4 is 4.74 Å². The highest BCUT2D eigenvalue weighted by Gasteiger charge is 2.50. The van der Waals surface area contributed by atoms with Gasteiger partial charge in [-0.05, 0) is 30.7 Å². The van der Waals surface area contributed by atoms with E-state index in [1.807, 2.05) is 6.92 Å². The van der Waals surface area contributed by atoms with Crippen LogP contribution in [0.1, 0.15) is 25.3 Å². The second kappa shape index (κ2) is 6.59. The molecule has 0 aliphatic carbocycles. The van der Waals surface area contributed by atoms with Gasteiger partial charge < -0.3 is 14.4 Å². The molecule has 1 amide bonds. The van der Waals surface area contributed by atoms with Crippen LogP contribution in [0.5, 0.6) is 5.75 Å². The van der Waals surface area contributed by atoms with Gasteiger partial charge in [-0.3, -0.25) is 4.79 Å². The molecule has 2 aliphatic heterocycles. The molecule has 1 spiro atoms. The predicted molar refractivity (Wildman–Crippen MR) is 91.8 cm³/mol. The van der Waals surface area contributed by atoms with Crippen LogP contribution in [0.3, 0.4) is 0 Å². The van der Waals surface area contributed by atoms with Gasteiger partial charge in [0.05, 0.1) is 18.6 Å². The molecule has 25 heavy (non-hydrogen) atoms. The van der Waals surface area contributed by atoms with Crippen LogP contribution in [0, 0.1) is 6.92 Å². The summed E-state index contributed by atoms with van der Waals surface area (Å²) in [6, 6.07) is 4.87. The Morgan fingerprint density at radius 3 is 2.48 bits per heavy atom. The number of hydrogen-bond acceptors (Lipinski definition) is 5. The molecule has 0 aromatic heterocycles. The molecule has 3 rings (SSSR count). The number of sulfonamides is 1. The van der Waals surface area contributed by atoms with Crippen molar-refractivity contribution in [1.29, 1.82) is 0 Å². The molecule has 0 bridgehead atoms. The first kappa shape index (κ1) is 18.2. The minimum atomic E-state index is -3.68. The summed E-state index contributed by atoms with van der Waals surface area (Å²) >= 11 is 0. The van der Waals surface area contributed by atoms with E-state index in [0.717, 1.165) is 5.56 Å².